The van der Waals surface area contributed by atoms with Crippen LogP contribution in [0.4, 0.5) is 9.52 Å². The van der Waals surface area contributed by atoms with Gasteiger partial charge in [-0.25, -0.2) is 4.39 Å². The van der Waals surface area contributed by atoms with Crippen LogP contribution in [0.5, 0.6) is 0 Å². The Bertz CT molecular complexity index is 614. The lowest BCUT2D eigenvalue weighted by Gasteiger charge is -2.20. The number of hydrogen-bond donors (Lipinski definition) is 2. The molecule has 2 aromatic rings. The Morgan fingerprint density at radius 3 is 2.95 bits per heavy atom. The van der Waals surface area contributed by atoms with E-state index in [-0.39, 0.29) is 5.82 Å². The first kappa shape index (κ1) is 14.7. The second kappa shape index (κ2) is 6.29. The summed E-state index contributed by atoms with van der Waals surface area (Å²) in [4.78, 5) is 0. The van der Waals surface area contributed by atoms with E-state index in [4.69, 9.17) is 0 Å². The lowest BCUT2D eigenvalue weighted by atomic mass is 10.0. The molecule has 2 heterocycles. The van der Waals surface area contributed by atoms with Crippen LogP contribution < -0.4 is 5.32 Å². The second-order valence-corrected chi connectivity index (χ2v) is 7.32. The largest absolute Gasteiger partial charge is 0.387 e. The van der Waals surface area contributed by atoms with E-state index in [0.29, 0.717) is 23.7 Å². The van der Waals surface area contributed by atoms with Gasteiger partial charge in [0.05, 0.1) is 5.60 Å². The Kier molecular flexibility index (Phi) is 4.42. The molecule has 1 aliphatic heterocycles. The normalized spacial score (nSPS) is 21.6. The van der Waals surface area contributed by atoms with Crippen molar-refractivity contribution in [2.24, 2.45) is 0 Å². The molecule has 7 heteroatoms. The molecule has 21 heavy (non-hydrogen) atoms. The predicted molar refractivity (Wildman–Crippen MR) is 84.5 cm³/mol. The van der Waals surface area contributed by atoms with Crippen molar-refractivity contribution in [2.45, 2.75) is 18.4 Å². The minimum Gasteiger partial charge on any atom is -0.387 e. The lowest BCUT2D eigenvalue weighted by molar-refractivity contribution is 0.0820. The molecule has 112 valence electrons. The minimum atomic E-state index is -0.651. The molecular formula is C14H16FN3OS2. The summed E-state index contributed by atoms with van der Waals surface area (Å²) in [6.45, 7) is 0.480. The highest BCUT2D eigenvalue weighted by molar-refractivity contribution is 7.99. The molecule has 0 amide bonds. The van der Waals surface area contributed by atoms with Crippen LogP contribution in [-0.4, -0.2) is 39.0 Å². The van der Waals surface area contributed by atoms with Crippen LogP contribution in [0.15, 0.2) is 24.3 Å². The first-order chi connectivity index (χ1) is 10.1. The number of rotatable bonds is 5. The van der Waals surface area contributed by atoms with E-state index in [1.807, 2.05) is 6.07 Å². The molecule has 1 aliphatic rings. The molecule has 4 nitrogen and oxygen atoms in total. The summed E-state index contributed by atoms with van der Waals surface area (Å²) in [5, 5.41) is 22.9. The van der Waals surface area contributed by atoms with Crippen molar-refractivity contribution < 1.29 is 9.50 Å². The van der Waals surface area contributed by atoms with E-state index in [1.165, 1.54) is 17.4 Å². The molecular weight excluding hydrogens is 309 g/mol. The van der Waals surface area contributed by atoms with Crippen molar-refractivity contribution in [3.63, 3.8) is 0 Å². The number of aliphatic hydroxyl groups is 1. The topological polar surface area (TPSA) is 58.0 Å². The van der Waals surface area contributed by atoms with E-state index in [0.717, 1.165) is 22.9 Å². The zero-order valence-electron chi connectivity index (χ0n) is 11.4. The molecule has 0 aliphatic carbocycles. The third-order valence-electron chi connectivity index (χ3n) is 3.42. The van der Waals surface area contributed by atoms with Gasteiger partial charge in [0.25, 0.3) is 0 Å². The Morgan fingerprint density at radius 1 is 1.33 bits per heavy atom. The SMILES string of the molecule is OC1(CNc2nnc(Cc3ccccc3F)s2)CCSC1. The standard InChI is InChI=1S/C14H16FN3OS2/c15-11-4-2-1-3-10(11)7-12-17-18-13(21-12)16-8-14(19)5-6-20-9-14/h1-4,19H,5-9H2,(H,16,18). The number of anilines is 1. The number of halogens is 1. The van der Waals surface area contributed by atoms with Crippen LogP contribution in [0.2, 0.25) is 0 Å². The first-order valence-corrected chi connectivity index (χ1v) is 8.72. The Balaban J connectivity index is 1.60. The van der Waals surface area contributed by atoms with Gasteiger partial charge in [0.15, 0.2) is 0 Å². The fourth-order valence-corrected chi connectivity index (χ4v) is 4.23. The van der Waals surface area contributed by atoms with Gasteiger partial charge in [-0.05, 0) is 23.8 Å². The molecule has 3 rings (SSSR count). The van der Waals surface area contributed by atoms with Crippen LogP contribution in [0.3, 0.4) is 0 Å². The van der Waals surface area contributed by atoms with Crippen LogP contribution in [0.25, 0.3) is 0 Å². The average molecular weight is 325 g/mol. The van der Waals surface area contributed by atoms with Gasteiger partial charge in [-0.15, -0.1) is 10.2 Å². The van der Waals surface area contributed by atoms with Gasteiger partial charge in [-0.2, -0.15) is 11.8 Å². The molecule has 1 aromatic carbocycles. The van der Waals surface area contributed by atoms with E-state index < -0.39 is 5.60 Å². The highest BCUT2D eigenvalue weighted by Gasteiger charge is 2.31. The molecule has 1 unspecified atom stereocenters. The third kappa shape index (κ3) is 3.72. The van der Waals surface area contributed by atoms with Gasteiger partial charge in [0, 0.05) is 18.7 Å². The Morgan fingerprint density at radius 2 is 2.19 bits per heavy atom. The van der Waals surface area contributed by atoms with Crippen LogP contribution in [0.1, 0.15) is 17.0 Å². The zero-order valence-corrected chi connectivity index (χ0v) is 13.0. The number of thioether (sulfide) groups is 1. The molecule has 1 fully saturated rings. The van der Waals surface area contributed by atoms with E-state index in [2.05, 4.69) is 15.5 Å². The number of benzene rings is 1. The van der Waals surface area contributed by atoms with Crippen LogP contribution >= 0.6 is 23.1 Å². The second-order valence-electron chi connectivity index (χ2n) is 5.15. The van der Waals surface area contributed by atoms with Gasteiger partial charge in [-0.3, -0.25) is 0 Å². The summed E-state index contributed by atoms with van der Waals surface area (Å²) >= 11 is 3.16. The van der Waals surface area contributed by atoms with E-state index >= 15 is 0 Å². The summed E-state index contributed by atoms with van der Waals surface area (Å²) in [6, 6.07) is 6.68. The van der Waals surface area contributed by atoms with Gasteiger partial charge in [0.2, 0.25) is 5.13 Å². The summed E-state index contributed by atoms with van der Waals surface area (Å²) in [7, 11) is 0. The van der Waals surface area contributed by atoms with E-state index in [9.17, 15) is 9.50 Å². The maximum absolute atomic E-state index is 13.6. The third-order valence-corrected chi connectivity index (χ3v) is 5.53. The fourth-order valence-electron chi connectivity index (χ4n) is 2.18. The fraction of sp³-hybridized carbons (Fsp3) is 0.429. The summed E-state index contributed by atoms with van der Waals surface area (Å²) in [5.74, 6) is 1.52. The van der Waals surface area contributed by atoms with Crippen LogP contribution in [0, 0.1) is 5.82 Å². The van der Waals surface area contributed by atoms with Crippen LogP contribution in [-0.2, 0) is 6.42 Å². The van der Waals surface area contributed by atoms with Crippen molar-refractivity contribution in [1.29, 1.82) is 0 Å². The monoisotopic (exact) mass is 325 g/mol. The smallest absolute Gasteiger partial charge is 0.205 e. The summed E-state index contributed by atoms with van der Waals surface area (Å²) in [5.41, 5.74) is -0.0341. The summed E-state index contributed by atoms with van der Waals surface area (Å²) < 4.78 is 13.6. The first-order valence-electron chi connectivity index (χ1n) is 6.74. The van der Waals surface area contributed by atoms with Crippen molar-refractivity contribution in [1.82, 2.24) is 10.2 Å². The van der Waals surface area contributed by atoms with Gasteiger partial charge in [0.1, 0.15) is 10.8 Å². The molecule has 1 atom stereocenters. The number of nitrogens with one attached hydrogen (secondary N) is 1. The Labute approximate surface area is 130 Å². The molecule has 1 saturated heterocycles. The number of nitrogens with zero attached hydrogens (tertiary/aromatic N) is 2. The zero-order chi connectivity index (χ0) is 14.7. The lowest BCUT2D eigenvalue weighted by Crippen LogP contribution is -2.36. The van der Waals surface area contributed by atoms with Gasteiger partial charge >= 0.3 is 0 Å². The molecule has 2 N–H and O–H groups in total. The summed E-state index contributed by atoms with van der Waals surface area (Å²) in [6.07, 6.45) is 1.23. The van der Waals surface area contributed by atoms with Crippen molar-refractivity contribution in [3.05, 3.63) is 40.7 Å². The van der Waals surface area contributed by atoms with Crippen molar-refractivity contribution >= 4 is 28.2 Å². The number of aromatic nitrogens is 2. The highest BCUT2D eigenvalue weighted by atomic mass is 32.2. The molecule has 1 aromatic heterocycles. The quantitative estimate of drug-likeness (QED) is 0.885. The average Bonchev–Trinajstić information content (AvgIpc) is 3.09. The Hall–Kier alpha value is -1.18. The van der Waals surface area contributed by atoms with E-state index in [1.54, 1.807) is 23.9 Å². The molecule has 0 radical (unpaired) electrons. The maximum atomic E-state index is 13.6. The van der Waals surface area contributed by atoms with Gasteiger partial charge in [-0.1, -0.05) is 29.5 Å². The molecule has 0 saturated carbocycles. The van der Waals surface area contributed by atoms with Crippen molar-refractivity contribution in [3.8, 4) is 0 Å². The minimum absolute atomic E-state index is 0.223. The van der Waals surface area contributed by atoms with Gasteiger partial charge < -0.3 is 10.4 Å². The molecule has 0 bridgehead atoms. The van der Waals surface area contributed by atoms with Crippen molar-refractivity contribution in [2.75, 3.05) is 23.4 Å². The number of hydrogen-bond acceptors (Lipinski definition) is 6. The molecule has 0 spiro atoms. The predicted octanol–water partition coefficient (Wildman–Crippen LogP) is 2.55. The highest BCUT2D eigenvalue weighted by Crippen LogP contribution is 2.28. The maximum Gasteiger partial charge on any atom is 0.205 e.